The molecular formula is C8H11N4OP. The number of pyridine rings is 1. The molecule has 0 fully saturated rings. The second kappa shape index (κ2) is 2.82. The number of rotatable bonds is 1. The molecule has 0 aliphatic carbocycles. The van der Waals surface area contributed by atoms with Crippen LogP contribution < -0.4 is 11.0 Å². The van der Waals surface area contributed by atoms with Gasteiger partial charge in [-0.3, -0.25) is 0 Å². The third-order valence-corrected chi connectivity index (χ3v) is 3.53. The van der Waals surface area contributed by atoms with Crippen molar-refractivity contribution in [3.8, 4) is 0 Å². The van der Waals surface area contributed by atoms with Crippen molar-refractivity contribution in [3.63, 3.8) is 0 Å². The molecule has 0 amide bonds. The Morgan fingerprint density at radius 1 is 1.50 bits per heavy atom. The highest BCUT2D eigenvalue weighted by Gasteiger charge is 2.19. The Morgan fingerprint density at radius 2 is 2.21 bits per heavy atom. The average Bonchev–Trinajstić information content (AvgIpc) is 2.48. The molecule has 0 spiro atoms. The third-order valence-electron chi connectivity index (χ3n) is 1.99. The lowest BCUT2D eigenvalue weighted by Gasteiger charge is -2.10. The third kappa shape index (κ3) is 1.30. The van der Waals surface area contributed by atoms with Crippen LogP contribution in [0.15, 0.2) is 18.6 Å². The van der Waals surface area contributed by atoms with E-state index in [0.717, 1.165) is 0 Å². The van der Waals surface area contributed by atoms with Gasteiger partial charge in [-0.1, -0.05) is 0 Å². The lowest BCUT2D eigenvalue weighted by molar-refractivity contribution is 0.588. The second-order valence-corrected chi connectivity index (χ2v) is 6.65. The fraction of sp³-hybridized carbons (Fsp3) is 0.250. The van der Waals surface area contributed by atoms with Gasteiger partial charge < -0.3 is 10.3 Å². The van der Waals surface area contributed by atoms with Gasteiger partial charge >= 0.3 is 0 Å². The predicted octanol–water partition coefficient (Wildman–Crippen LogP) is 0.559. The minimum Gasteiger partial charge on any atom is -0.398 e. The molecule has 0 aromatic carbocycles. The molecule has 0 atom stereocenters. The Morgan fingerprint density at radius 3 is 2.86 bits per heavy atom. The SMILES string of the molecule is CP(C)(=O)c1c(N)ccn2ncnc12. The van der Waals surface area contributed by atoms with E-state index in [9.17, 15) is 4.57 Å². The highest BCUT2D eigenvalue weighted by atomic mass is 31.2. The first-order valence-electron chi connectivity index (χ1n) is 4.13. The standard InChI is InChI=1S/C8H11N4OP/c1-14(2,13)7-6(9)3-4-12-8(7)10-5-11-12/h3-5H,9H2,1-2H3. The Balaban J connectivity index is 2.91. The largest absolute Gasteiger partial charge is 0.398 e. The van der Waals surface area contributed by atoms with Crippen molar-refractivity contribution in [2.24, 2.45) is 0 Å². The predicted molar refractivity (Wildman–Crippen MR) is 56.5 cm³/mol. The van der Waals surface area contributed by atoms with Gasteiger partial charge in [-0.15, -0.1) is 0 Å². The molecule has 6 heteroatoms. The van der Waals surface area contributed by atoms with Crippen LogP contribution in [0.4, 0.5) is 5.69 Å². The van der Waals surface area contributed by atoms with Crippen molar-refractivity contribution in [1.82, 2.24) is 14.6 Å². The molecule has 2 rings (SSSR count). The Kier molecular flexibility index (Phi) is 1.86. The number of hydrogen-bond donors (Lipinski definition) is 1. The Bertz CT molecular complexity index is 527. The van der Waals surface area contributed by atoms with Gasteiger partial charge in [0.25, 0.3) is 0 Å². The van der Waals surface area contributed by atoms with Crippen molar-refractivity contribution in [3.05, 3.63) is 18.6 Å². The van der Waals surface area contributed by atoms with Crippen molar-refractivity contribution in [2.75, 3.05) is 19.1 Å². The van der Waals surface area contributed by atoms with E-state index in [-0.39, 0.29) is 0 Å². The van der Waals surface area contributed by atoms with E-state index in [1.54, 1.807) is 30.1 Å². The van der Waals surface area contributed by atoms with E-state index in [4.69, 9.17) is 5.73 Å². The normalized spacial score (nSPS) is 12.1. The van der Waals surface area contributed by atoms with Crippen LogP contribution in [0.3, 0.4) is 0 Å². The Labute approximate surface area is 81.3 Å². The topological polar surface area (TPSA) is 73.3 Å². The molecule has 0 saturated carbocycles. The van der Waals surface area contributed by atoms with Crippen LogP contribution in [0.25, 0.3) is 5.65 Å². The summed E-state index contributed by atoms with van der Waals surface area (Å²) in [6.45, 7) is 3.35. The van der Waals surface area contributed by atoms with Crippen LogP contribution >= 0.6 is 7.14 Å². The summed E-state index contributed by atoms with van der Waals surface area (Å²) in [5.41, 5.74) is 6.87. The number of nitrogens with two attached hydrogens (primary N) is 1. The van der Waals surface area contributed by atoms with Gasteiger partial charge in [-0.2, -0.15) is 5.10 Å². The summed E-state index contributed by atoms with van der Waals surface area (Å²) < 4.78 is 13.6. The molecule has 14 heavy (non-hydrogen) atoms. The molecule has 0 aliphatic rings. The zero-order valence-electron chi connectivity index (χ0n) is 8.01. The first kappa shape index (κ1) is 9.21. The molecule has 2 aromatic heterocycles. The van der Waals surface area contributed by atoms with Gasteiger partial charge in [0.1, 0.15) is 13.5 Å². The first-order valence-corrected chi connectivity index (χ1v) is 6.73. The van der Waals surface area contributed by atoms with Gasteiger partial charge in [0.15, 0.2) is 5.65 Å². The monoisotopic (exact) mass is 210 g/mol. The van der Waals surface area contributed by atoms with Crippen molar-refractivity contribution in [1.29, 1.82) is 0 Å². The second-order valence-electron chi connectivity index (χ2n) is 3.50. The van der Waals surface area contributed by atoms with Gasteiger partial charge in [-0.05, 0) is 19.4 Å². The number of nitrogens with zero attached hydrogens (tertiary/aromatic N) is 3. The average molecular weight is 210 g/mol. The fourth-order valence-corrected chi connectivity index (χ4v) is 2.78. The maximum Gasteiger partial charge on any atom is 0.167 e. The molecule has 2 N–H and O–H groups in total. The summed E-state index contributed by atoms with van der Waals surface area (Å²) >= 11 is 0. The van der Waals surface area contributed by atoms with E-state index in [2.05, 4.69) is 10.1 Å². The van der Waals surface area contributed by atoms with E-state index in [1.165, 1.54) is 6.33 Å². The van der Waals surface area contributed by atoms with Gasteiger partial charge in [0.05, 0.1) is 5.30 Å². The lowest BCUT2D eigenvalue weighted by Crippen LogP contribution is -2.14. The summed E-state index contributed by atoms with van der Waals surface area (Å²) in [5, 5.41) is 4.57. The number of fused-ring (bicyclic) bond motifs is 1. The Hall–Kier alpha value is -1.35. The van der Waals surface area contributed by atoms with Crippen molar-refractivity contribution >= 4 is 23.8 Å². The molecule has 0 aliphatic heterocycles. The summed E-state index contributed by atoms with van der Waals surface area (Å²) in [4.78, 5) is 4.05. The molecule has 2 heterocycles. The molecule has 2 aromatic rings. The first-order chi connectivity index (χ1) is 6.50. The molecule has 0 radical (unpaired) electrons. The van der Waals surface area contributed by atoms with Crippen LogP contribution in [0.1, 0.15) is 0 Å². The van der Waals surface area contributed by atoms with Crippen LogP contribution in [0.2, 0.25) is 0 Å². The van der Waals surface area contributed by atoms with E-state index < -0.39 is 7.14 Å². The number of hydrogen-bond acceptors (Lipinski definition) is 4. The fourth-order valence-electron chi connectivity index (χ4n) is 1.44. The number of aromatic nitrogens is 3. The minimum atomic E-state index is -2.42. The summed E-state index contributed by atoms with van der Waals surface area (Å²) in [7, 11) is -2.42. The summed E-state index contributed by atoms with van der Waals surface area (Å²) in [6, 6.07) is 1.69. The minimum absolute atomic E-state index is 0.513. The highest BCUT2D eigenvalue weighted by Crippen LogP contribution is 2.38. The zero-order valence-corrected chi connectivity index (χ0v) is 8.90. The summed E-state index contributed by atoms with van der Waals surface area (Å²) in [6.07, 6.45) is 3.13. The maximum atomic E-state index is 12.0. The van der Waals surface area contributed by atoms with Crippen LogP contribution in [-0.2, 0) is 4.57 Å². The van der Waals surface area contributed by atoms with E-state index in [1.807, 2.05) is 0 Å². The zero-order chi connectivity index (χ0) is 10.3. The van der Waals surface area contributed by atoms with Crippen LogP contribution in [-0.4, -0.2) is 27.9 Å². The number of anilines is 1. The maximum absolute atomic E-state index is 12.0. The molecule has 0 bridgehead atoms. The summed E-state index contributed by atoms with van der Waals surface area (Å²) in [5.74, 6) is 0. The van der Waals surface area contributed by atoms with Crippen molar-refractivity contribution in [2.45, 2.75) is 0 Å². The molecule has 5 nitrogen and oxygen atoms in total. The molecule has 0 unspecified atom stereocenters. The lowest BCUT2D eigenvalue weighted by atomic mass is 10.4. The highest BCUT2D eigenvalue weighted by molar-refractivity contribution is 7.70. The van der Waals surface area contributed by atoms with E-state index in [0.29, 0.717) is 16.6 Å². The number of nitrogen functional groups attached to an aromatic ring is 1. The molecular weight excluding hydrogens is 199 g/mol. The van der Waals surface area contributed by atoms with Crippen LogP contribution in [0.5, 0.6) is 0 Å². The van der Waals surface area contributed by atoms with Crippen LogP contribution in [0, 0.1) is 0 Å². The van der Waals surface area contributed by atoms with Gasteiger partial charge in [-0.25, -0.2) is 9.50 Å². The van der Waals surface area contributed by atoms with Gasteiger partial charge in [0.2, 0.25) is 0 Å². The van der Waals surface area contributed by atoms with Crippen molar-refractivity contribution < 1.29 is 4.57 Å². The smallest absolute Gasteiger partial charge is 0.167 e. The molecule has 74 valence electrons. The van der Waals surface area contributed by atoms with E-state index >= 15 is 0 Å². The van der Waals surface area contributed by atoms with Gasteiger partial charge in [0, 0.05) is 11.9 Å². The quantitative estimate of drug-likeness (QED) is 0.698. The molecule has 0 saturated heterocycles.